The van der Waals surface area contributed by atoms with E-state index < -0.39 is 5.91 Å². The summed E-state index contributed by atoms with van der Waals surface area (Å²) in [5.41, 5.74) is 6.48. The van der Waals surface area contributed by atoms with Crippen molar-refractivity contribution in [1.29, 1.82) is 0 Å². The fraction of sp³-hybridized carbons (Fsp3) is 0.273. The molecule has 0 aliphatic rings. The van der Waals surface area contributed by atoms with E-state index in [9.17, 15) is 14.0 Å². The van der Waals surface area contributed by atoms with Crippen molar-refractivity contribution in [1.82, 2.24) is 0 Å². The van der Waals surface area contributed by atoms with Gasteiger partial charge in [-0.15, -0.1) is 0 Å². The van der Waals surface area contributed by atoms with Crippen molar-refractivity contribution >= 4 is 18.0 Å². The van der Waals surface area contributed by atoms with Crippen molar-refractivity contribution in [3.8, 4) is 0 Å². The Hall–Kier alpha value is -0.274. The van der Waals surface area contributed by atoms with Gasteiger partial charge in [0.25, 0.3) is 0 Å². The monoisotopic (exact) mass is 264 g/mol. The number of benzene rings is 1. The van der Waals surface area contributed by atoms with E-state index in [0.29, 0.717) is 18.5 Å². The molecule has 0 saturated carbocycles. The zero-order chi connectivity index (χ0) is 12.6. The van der Waals surface area contributed by atoms with Gasteiger partial charge in [-0.1, -0.05) is 19.1 Å². The summed E-state index contributed by atoms with van der Waals surface area (Å²) in [6.45, 7) is 1.66. The molecule has 1 aromatic rings. The van der Waals surface area contributed by atoms with Gasteiger partial charge in [0.1, 0.15) is 5.82 Å². The molecule has 0 aliphatic carbocycles. The van der Waals surface area contributed by atoms with Crippen LogP contribution in [0.1, 0.15) is 13.3 Å². The summed E-state index contributed by atoms with van der Waals surface area (Å²) in [6, 6.07) is 6.12. The number of rotatable bonds is 3. The van der Waals surface area contributed by atoms with E-state index in [0.717, 1.165) is 0 Å². The van der Waals surface area contributed by atoms with Crippen molar-refractivity contribution in [3.05, 3.63) is 35.8 Å². The minimum atomic E-state index is -0.495. The first kappa shape index (κ1) is 19.1. The minimum Gasteiger partial charge on any atom is -0.668 e. The molecule has 0 aromatic heterocycles. The molecule has 0 fully saturated rings. The average Bonchev–Trinajstić information content (AvgIpc) is 2.29. The second kappa shape index (κ2) is 10.9. The SMILES string of the molecule is CCC([NH-])=O.CN(C=O)c1ccccc1F.[K+]. The van der Waals surface area contributed by atoms with Gasteiger partial charge in [-0.2, -0.15) is 0 Å². The number of anilines is 1. The summed E-state index contributed by atoms with van der Waals surface area (Å²) in [6.07, 6.45) is 0.901. The predicted octanol–water partition coefficient (Wildman–Crippen LogP) is -0.602. The maximum Gasteiger partial charge on any atom is 1.00 e. The van der Waals surface area contributed by atoms with Crippen LogP contribution in [0.15, 0.2) is 24.3 Å². The van der Waals surface area contributed by atoms with Gasteiger partial charge in [-0.05, 0) is 18.6 Å². The molecule has 0 heterocycles. The maximum absolute atomic E-state index is 12.8. The quantitative estimate of drug-likeness (QED) is 0.540. The van der Waals surface area contributed by atoms with Gasteiger partial charge in [0.05, 0.1) is 5.69 Å². The summed E-state index contributed by atoms with van der Waals surface area (Å²) >= 11 is 0. The molecular formula is C11H14FKN2O2. The first-order chi connectivity index (χ1) is 7.52. The van der Waals surface area contributed by atoms with Crippen LogP contribution in [-0.2, 0) is 9.59 Å². The van der Waals surface area contributed by atoms with Crippen LogP contribution in [0.2, 0.25) is 0 Å². The van der Waals surface area contributed by atoms with Crippen LogP contribution in [0.25, 0.3) is 5.73 Å². The molecule has 0 saturated heterocycles. The number of nitrogens with zero attached hydrogens (tertiary/aromatic N) is 1. The third-order valence-electron chi connectivity index (χ3n) is 1.71. The van der Waals surface area contributed by atoms with Gasteiger partial charge < -0.3 is 15.4 Å². The molecule has 2 amide bonds. The fourth-order valence-electron chi connectivity index (χ4n) is 0.795. The predicted molar refractivity (Wildman–Crippen MR) is 60.5 cm³/mol. The first-order valence-electron chi connectivity index (χ1n) is 4.70. The first-order valence-corrected chi connectivity index (χ1v) is 4.70. The van der Waals surface area contributed by atoms with Gasteiger partial charge in [-0.25, -0.2) is 4.39 Å². The smallest absolute Gasteiger partial charge is 0.668 e. The largest absolute Gasteiger partial charge is 1.00 e. The molecule has 4 nitrogen and oxygen atoms in total. The van der Waals surface area contributed by atoms with E-state index in [1.807, 2.05) is 0 Å². The standard InChI is InChI=1S/C8H8FNO.C3H7NO.K/c1-10(6-11)8-5-3-2-4-7(8)9;1-2-3(4)5;/h2-6H,1H3;2H2,1H3,(H2,4,5);/q;;+1/p-1. The molecule has 88 valence electrons. The minimum absolute atomic E-state index is 0. The Morgan fingerprint density at radius 3 is 2.29 bits per heavy atom. The second-order valence-corrected chi connectivity index (χ2v) is 2.94. The van der Waals surface area contributed by atoms with Crippen LogP contribution < -0.4 is 56.3 Å². The van der Waals surface area contributed by atoms with Gasteiger partial charge in [-0.3, -0.25) is 4.79 Å². The molecule has 0 spiro atoms. The van der Waals surface area contributed by atoms with Crippen LogP contribution >= 0.6 is 0 Å². The summed E-state index contributed by atoms with van der Waals surface area (Å²) < 4.78 is 12.8. The van der Waals surface area contributed by atoms with E-state index >= 15 is 0 Å². The van der Waals surface area contributed by atoms with Crippen molar-refractivity contribution in [2.75, 3.05) is 11.9 Å². The number of amides is 2. The molecule has 0 bridgehead atoms. The number of carbonyl (C=O) groups excluding carboxylic acids is 2. The Bertz CT molecular complexity index is 361. The molecule has 0 radical (unpaired) electrons. The topological polar surface area (TPSA) is 61.2 Å². The van der Waals surface area contributed by atoms with Crippen LogP contribution in [0, 0.1) is 5.82 Å². The molecule has 6 heteroatoms. The van der Waals surface area contributed by atoms with Gasteiger partial charge in [0.15, 0.2) is 0 Å². The number of hydrogen-bond donors (Lipinski definition) is 0. The Morgan fingerprint density at radius 1 is 1.47 bits per heavy atom. The summed E-state index contributed by atoms with van der Waals surface area (Å²) in [7, 11) is 1.51. The van der Waals surface area contributed by atoms with E-state index in [1.165, 1.54) is 18.0 Å². The molecule has 0 aliphatic heterocycles. The number of halogens is 1. The molecule has 0 atom stereocenters. The number of hydrogen-bond acceptors (Lipinski definition) is 2. The van der Waals surface area contributed by atoms with Crippen LogP contribution in [0.4, 0.5) is 10.1 Å². The van der Waals surface area contributed by atoms with Gasteiger partial charge in [0.2, 0.25) is 6.41 Å². The van der Waals surface area contributed by atoms with E-state index in [4.69, 9.17) is 5.73 Å². The molecule has 1 aromatic carbocycles. The third kappa shape index (κ3) is 8.45. The van der Waals surface area contributed by atoms with Crippen LogP contribution in [-0.4, -0.2) is 19.4 Å². The van der Waals surface area contributed by atoms with Gasteiger partial charge >= 0.3 is 51.4 Å². The van der Waals surface area contributed by atoms with Crippen molar-refractivity contribution in [2.45, 2.75) is 13.3 Å². The summed E-state index contributed by atoms with van der Waals surface area (Å²) in [5.74, 6) is -0.882. The Morgan fingerprint density at radius 2 is 1.94 bits per heavy atom. The number of nitrogens with one attached hydrogen (secondary N) is 1. The van der Waals surface area contributed by atoms with Crippen LogP contribution in [0.5, 0.6) is 0 Å². The number of carbonyl (C=O) groups is 2. The molecular weight excluding hydrogens is 250 g/mol. The Kier molecular flexibility index (Phi) is 12.2. The third-order valence-corrected chi connectivity index (χ3v) is 1.71. The van der Waals surface area contributed by atoms with E-state index in [1.54, 1.807) is 25.1 Å². The summed E-state index contributed by atoms with van der Waals surface area (Å²) in [5, 5.41) is 0. The van der Waals surface area contributed by atoms with E-state index in [2.05, 4.69) is 0 Å². The molecule has 17 heavy (non-hydrogen) atoms. The van der Waals surface area contributed by atoms with Crippen molar-refractivity contribution < 1.29 is 65.4 Å². The Labute approximate surface area is 143 Å². The van der Waals surface area contributed by atoms with E-state index in [-0.39, 0.29) is 57.2 Å². The van der Waals surface area contributed by atoms with Crippen molar-refractivity contribution in [2.24, 2.45) is 0 Å². The molecule has 1 rings (SSSR count). The zero-order valence-electron chi connectivity index (χ0n) is 10.2. The van der Waals surface area contributed by atoms with Gasteiger partial charge in [0, 0.05) is 13.0 Å². The molecule has 0 unspecified atom stereocenters. The summed E-state index contributed by atoms with van der Waals surface area (Å²) in [4.78, 5) is 20.9. The zero-order valence-corrected chi connectivity index (χ0v) is 13.4. The fourth-order valence-corrected chi connectivity index (χ4v) is 0.795. The van der Waals surface area contributed by atoms with Crippen LogP contribution in [0.3, 0.4) is 0 Å². The Balaban J connectivity index is 0. The normalized spacial score (nSPS) is 8.18. The maximum atomic E-state index is 12.8. The average molecular weight is 264 g/mol. The second-order valence-electron chi connectivity index (χ2n) is 2.94. The van der Waals surface area contributed by atoms with Crippen molar-refractivity contribution in [3.63, 3.8) is 0 Å². The molecule has 1 N–H and O–H groups in total. The number of para-hydroxylation sites is 1.